The molecule has 0 radical (unpaired) electrons. The summed E-state index contributed by atoms with van der Waals surface area (Å²) in [6, 6.07) is 0. The molecule has 0 aliphatic heterocycles. The number of aromatic nitrogens is 1. The average Bonchev–Trinajstić information content (AvgIpc) is 2.59. The highest BCUT2D eigenvalue weighted by Crippen LogP contribution is 2.35. The normalized spacial score (nSPS) is 17.5. The zero-order chi connectivity index (χ0) is 12.5. The lowest BCUT2D eigenvalue weighted by molar-refractivity contribution is -0.0601. The summed E-state index contributed by atoms with van der Waals surface area (Å²) < 4.78 is 5.48. The highest BCUT2D eigenvalue weighted by Gasteiger charge is 2.36. The van der Waals surface area contributed by atoms with E-state index < -0.39 is 5.97 Å². The smallest absolute Gasteiger partial charge is 0.355 e. The first kappa shape index (κ1) is 12.3. The molecule has 1 aromatic rings. The molecule has 1 aromatic heterocycles. The molecule has 94 valence electrons. The maximum Gasteiger partial charge on any atom is 0.355 e. The number of aromatic carboxylic acids is 1. The van der Waals surface area contributed by atoms with Crippen LogP contribution >= 0.6 is 11.3 Å². The van der Waals surface area contributed by atoms with Crippen LogP contribution in [0.15, 0.2) is 0 Å². The van der Waals surface area contributed by atoms with Crippen molar-refractivity contribution in [2.45, 2.75) is 31.8 Å². The summed E-state index contributed by atoms with van der Waals surface area (Å²) in [6.07, 6.45) is 3.28. The fraction of sp³-hybridized carbons (Fsp3) is 0.636. The predicted octanol–water partition coefficient (Wildman–Crippen LogP) is 2.13. The van der Waals surface area contributed by atoms with Gasteiger partial charge in [0.1, 0.15) is 0 Å². The number of nitrogens with zero attached hydrogens (tertiary/aromatic N) is 1. The molecule has 1 fully saturated rings. The first-order valence-electron chi connectivity index (χ1n) is 5.56. The molecule has 0 unspecified atom stereocenters. The van der Waals surface area contributed by atoms with Crippen molar-refractivity contribution in [2.24, 2.45) is 0 Å². The summed E-state index contributed by atoms with van der Waals surface area (Å²) >= 11 is 1.37. The van der Waals surface area contributed by atoms with Gasteiger partial charge in [-0.05, 0) is 26.2 Å². The lowest BCUT2D eigenvalue weighted by Crippen LogP contribution is -2.45. The van der Waals surface area contributed by atoms with Crippen molar-refractivity contribution in [3.8, 4) is 0 Å². The third-order valence-electron chi connectivity index (χ3n) is 3.26. The van der Waals surface area contributed by atoms with Gasteiger partial charge < -0.3 is 15.2 Å². The Balaban J connectivity index is 1.99. The van der Waals surface area contributed by atoms with Crippen LogP contribution in [0.1, 0.15) is 34.6 Å². The van der Waals surface area contributed by atoms with Crippen LogP contribution in [0.5, 0.6) is 0 Å². The summed E-state index contributed by atoms with van der Waals surface area (Å²) in [4.78, 5) is 15.6. The highest BCUT2D eigenvalue weighted by atomic mass is 32.1. The largest absolute Gasteiger partial charge is 0.476 e. The Morgan fingerprint density at radius 1 is 1.65 bits per heavy atom. The van der Waals surface area contributed by atoms with Gasteiger partial charge in [0, 0.05) is 18.5 Å². The number of rotatable bonds is 5. The molecule has 5 nitrogen and oxygen atoms in total. The van der Waals surface area contributed by atoms with Gasteiger partial charge in [-0.2, -0.15) is 0 Å². The van der Waals surface area contributed by atoms with Crippen LogP contribution in [0.25, 0.3) is 0 Å². The molecular formula is C11H16N2O3S. The summed E-state index contributed by atoms with van der Waals surface area (Å²) in [5.74, 6) is -0.975. The van der Waals surface area contributed by atoms with Crippen molar-refractivity contribution < 1.29 is 14.6 Å². The Hall–Kier alpha value is -1.14. The van der Waals surface area contributed by atoms with Gasteiger partial charge in [-0.3, -0.25) is 0 Å². The fourth-order valence-corrected chi connectivity index (χ4v) is 2.73. The number of carboxylic acid groups (broad SMARTS) is 1. The van der Waals surface area contributed by atoms with Gasteiger partial charge in [-0.25, -0.2) is 9.78 Å². The summed E-state index contributed by atoms with van der Waals surface area (Å²) in [5, 5.41) is 12.7. The van der Waals surface area contributed by atoms with E-state index in [1.165, 1.54) is 17.8 Å². The number of carbonyl (C=O) groups is 1. The molecule has 0 saturated heterocycles. The van der Waals surface area contributed by atoms with E-state index in [9.17, 15) is 4.79 Å². The lowest BCUT2D eigenvalue weighted by Gasteiger charge is -2.40. The van der Waals surface area contributed by atoms with Crippen molar-refractivity contribution in [1.82, 2.24) is 4.98 Å². The van der Waals surface area contributed by atoms with Gasteiger partial charge in [0.05, 0.1) is 5.60 Å². The molecular weight excluding hydrogens is 240 g/mol. The van der Waals surface area contributed by atoms with Crippen LogP contribution < -0.4 is 5.32 Å². The van der Waals surface area contributed by atoms with Gasteiger partial charge in [-0.1, -0.05) is 0 Å². The Labute approximate surface area is 104 Å². The first-order valence-corrected chi connectivity index (χ1v) is 6.38. The molecule has 0 amide bonds. The summed E-state index contributed by atoms with van der Waals surface area (Å²) in [6.45, 7) is 2.46. The van der Waals surface area contributed by atoms with E-state index in [4.69, 9.17) is 9.84 Å². The maximum absolute atomic E-state index is 10.9. The lowest BCUT2D eigenvalue weighted by atomic mass is 9.80. The molecule has 0 spiro atoms. The average molecular weight is 256 g/mol. The molecule has 1 saturated carbocycles. The van der Waals surface area contributed by atoms with E-state index in [0.29, 0.717) is 11.7 Å². The molecule has 1 aliphatic carbocycles. The number of hydrogen-bond acceptors (Lipinski definition) is 5. The van der Waals surface area contributed by atoms with E-state index in [2.05, 4.69) is 10.3 Å². The number of nitrogens with one attached hydrogen (secondary N) is 1. The van der Waals surface area contributed by atoms with E-state index in [1.807, 2.05) is 0 Å². The Bertz CT molecular complexity index is 421. The van der Waals surface area contributed by atoms with E-state index in [0.717, 1.165) is 17.7 Å². The van der Waals surface area contributed by atoms with Gasteiger partial charge >= 0.3 is 5.97 Å². The minimum absolute atomic E-state index is 0.0804. The second kappa shape index (κ2) is 4.62. The van der Waals surface area contributed by atoms with Crippen LogP contribution in [0.3, 0.4) is 0 Å². The van der Waals surface area contributed by atoms with E-state index >= 15 is 0 Å². The van der Waals surface area contributed by atoms with Crippen molar-refractivity contribution >= 4 is 22.4 Å². The number of aryl methyl sites for hydroxylation is 1. The summed E-state index contributed by atoms with van der Waals surface area (Å²) in [5.41, 5.74) is 0.0562. The molecule has 0 bridgehead atoms. The second-order valence-corrected chi connectivity index (χ2v) is 5.53. The van der Waals surface area contributed by atoms with Gasteiger partial charge in [0.2, 0.25) is 0 Å². The van der Waals surface area contributed by atoms with E-state index in [-0.39, 0.29) is 11.3 Å². The monoisotopic (exact) mass is 256 g/mol. The molecule has 0 atom stereocenters. The number of methoxy groups -OCH3 is 1. The van der Waals surface area contributed by atoms with Crippen molar-refractivity contribution in [3.63, 3.8) is 0 Å². The molecule has 1 heterocycles. The quantitative estimate of drug-likeness (QED) is 0.844. The molecule has 2 rings (SSSR count). The Kier molecular flexibility index (Phi) is 3.35. The number of anilines is 1. The molecule has 0 aromatic carbocycles. The van der Waals surface area contributed by atoms with Gasteiger partial charge in [0.15, 0.2) is 10.8 Å². The molecule has 1 aliphatic rings. The standard InChI is InChI=1S/C11H16N2O3S/c1-7-8(9(14)15)13-10(17-7)12-6-11(16-2)4-3-5-11/h3-6H2,1-2H3,(H,12,13)(H,14,15). The Morgan fingerprint density at radius 3 is 2.76 bits per heavy atom. The minimum atomic E-state index is -0.975. The highest BCUT2D eigenvalue weighted by molar-refractivity contribution is 7.15. The third-order valence-corrected chi connectivity index (χ3v) is 4.19. The number of ether oxygens (including phenoxy) is 1. The van der Waals surface area contributed by atoms with Crippen molar-refractivity contribution in [1.29, 1.82) is 0 Å². The molecule has 17 heavy (non-hydrogen) atoms. The number of thiazole rings is 1. The van der Waals surface area contributed by atoms with Crippen LogP contribution in [0.4, 0.5) is 5.13 Å². The van der Waals surface area contributed by atoms with Crippen molar-refractivity contribution in [2.75, 3.05) is 19.0 Å². The third kappa shape index (κ3) is 2.42. The maximum atomic E-state index is 10.9. The zero-order valence-corrected chi connectivity index (χ0v) is 10.8. The van der Waals surface area contributed by atoms with Crippen molar-refractivity contribution in [3.05, 3.63) is 10.6 Å². The van der Waals surface area contributed by atoms with Crippen LogP contribution in [-0.4, -0.2) is 35.3 Å². The zero-order valence-electron chi connectivity index (χ0n) is 9.95. The minimum Gasteiger partial charge on any atom is -0.476 e. The topological polar surface area (TPSA) is 71.5 Å². The van der Waals surface area contributed by atoms with Gasteiger partial charge in [0.25, 0.3) is 0 Å². The summed E-state index contributed by atoms with van der Waals surface area (Å²) in [7, 11) is 1.72. The molecule has 6 heteroatoms. The van der Waals surface area contributed by atoms with Crippen LogP contribution in [0.2, 0.25) is 0 Å². The predicted molar refractivity (Wildman–Crippen MR) is 65.9 cm³/mol. The Morgan fingerprint density at radius 2 is 2.35 bits per heavy atom. The van der Waals surface area contributed by atoms with Gasteiger partial charge in [-0.15, -0.1) is 11.3 Å². The fourth-order valence-electron chi connectivity index (χ4n) is 1.93. The van der Waals surface area contributed by atoms with Crippen LogP contribution in [-0.2, 0) is 4.74 Å². The number of hydrogen-bond donors (Lipinski definition) is 2. The molecule has 2 N–H and O–H groups in total. The number of carboxylic acids is 1. The first-order chi connectivity index (χ1) is 8.06. The van der Waals surface area contributed by atoms with E-state index in [1.54, 1.807) is 14.0 Å². The second-order valence-electron chi connectivity index (χ2n) is 4.32. The SMILES string of the molecule is COC1(CNc2nc(C(=O)O)c(C)s2)CCC1. The van der Waals surface area contributed by atoms with Crippen LogP contribution in [0, 0.1) is 6.92 Å².